The quantitative estimate of drug-likeness (QED) is 0.674. The van der Waals surface area contributed by atoms with Crippen LogP contribution in [0.4, 0.5) is 0 Å². The Morgan fingerprint density at radius 1 is 1.12 bits per heavy atom. The van der Waals surface area contributed by atoms with Crippen LogP contribution in [0.1, 0.15) is 54.8 Å². The Morgan fingerprint density at radius 3 is 2.41 bits per heavy atom. The zero-order valence-corrected chi connectivity index (χ0v) is 12.6. The molecule has 1 aromatic rings. The summed E-state index contributed by atoms with van der Waals surface area (Å²) in [7, 11) is 0. The number of hydrogen-bond acceptors (Lipinski definition) is 2. The van der Waals surface area contributed by atoms with Gasteiger partial charge in [-0.25, -0.2) is 0 Å². The first-order valence-electron chi connectivity index (χ1n) is 6.89. The van der Waals surface area contributed by atoms with Gasteiger partial charge in [0, 0.05) is 15.8 Å². The number of unbranched alkanes of at least 4 members (excludes halogenated alkanes) is 3. The van der Waals surface area contributed by atoms with Gasteiger partial charge in [-0.3, -0.25) is 0 Å². The summed E-state index contributed by atoms with van der Waals surface area (Å²) in [6.45, 7) is 10.0. The number of aryl methyl sites for hydroxylation is 3. The summed E-state index contributed by atoms with van der Waals surface area (Å²) in [5, 5.41) is 3.47. The van der Waals surface area contributed by atoms with Gasteiger partial charge in [0.2, 0.25) is 0 Å². The highest BCUT2D eigenvalue weighted by molar-refractivity contribution is 7.12. The molecule has 0 fully saturated rings. The molecule has 1 rings (SSSR count). The van der Waals surface area contributed by atoms with E-state index in [1.807, 2.05) is 11.3 Å². The van der Waals surface area contributed by atoms with Crippen LogP contribution in [-0.2, 0) is 6.42 Å². The summed E-state index contributed by atoms with van der Waals surface area (Å²) < 4.78 is 0. The van der Waals surface area contributed by atoms with E-state index in [1.54, 1.807) is 4.88 Å². The van der Waals surface area contributed by atoms with Gasteiger partial charge in [0.15, 0.2) is 0 Å². The van der Waals surface area contributed by atoms with Gasteiger partial charge in [-0.1, -0.05) is 26.7 Å². The van der Waals surface area contributed by atoms with Gasteiger partial charge >= 0.3 is 0 Å². The van der Waals surface area contributed by atoms with Crippen molar-refractivity contribution in [2.45, 2.75) is 65.8 Å². The van der Waals surface area contributed by atoms with Crippen molar-refractivity contribution in [3.63, 3.8) is 0 Å². The first-order chi connectivity index (χ1) is 8.09. The van der Waals surface area contributed by atoms with Crippen LogP contribution >= 0.6 is 11.3 Å². The fourth-order valence-electron chi connectivity index (χ4n) is 2.09. The first-order valence-corrected chi connectivity index (χ1v) is 7.70. The molecule has 0 unspecified atom stereocenters. The van der Waals surface area contributed by atoms with Crippen molar-refractivity contribution in [2.24, 2.45) is 0 Å². The van der Waals surface area contributed by atoms with E-state index in [2.05, 4.69) is 39.1 Å². The molecule has 1 nitrogen and oxygen atoms in total. The average Bonchev–Trinajstić information content (AvgIpc) is 2.55. The SMILES string of the molecule is Cc1cc(C)c(CCCCCCNC(C)C)s1. The predicted molar refractivity (Wildman–Crippen MR) is 79.1 cm³/mol. The molecule has 1 heterocycles. The molecule has 0 aliphatic heterocycles. The maximum absolute atomic E-state index is 3.47. The number of hydrogen-bond donors (Lipinski definition) is 1. The van der Waals surface area contributed by atoms with Crippen LogP contribution in [0, 0.1) is 13.8 Å². The summed E-state index contributed by atoms with van der Waals surface area (Å²) in [6.07, 6.45) is 6.68. The van der Waals surface area contributed by atoms with E-state index >= 15 is 0 Å². The van der Waals surface area contributed by atoms with Crippen LogP contribution in [0.25, 0.3) is 0 Å². The number of thiophene rings is 1. The van der Waals surface area contributed by atoms with Crippen molar-refractivity contribution in [3.05, 3.63) is 21.4 Å². The van der Waals surface area contributed by atoms with E-state index in [-0.39, 0.29) is 0 Å². The normalized spacial score (nSPS) is 11.4. The lowest BCUT2D eigenvalue weighted by Crippen LogP contribution is -2.23. The van der Waals surface area contributed by atoms with Gasteiger partial charge in [0.1, 0.15) is 0 Å². The number of nitrogens with one attached hydrogen (secondary N) is 1. The Kier molecular flexibility index (Phi) is 6.83. The smallest absolute Gasteiger partial charge is 0.00772 e. The van der Waals surface area contributed by atoms with E-state index in [0.29, 0.717) is 6.04 Å². The molecule has 1 N–H and O–H groups in total. The van der Waals surface area contributed by atoms with Gasteiger partial charge < -0.3 is 5.32 Å². The average molecular weight is 253 g/mol. The minimum Gasteiger partial charge on any atom is -0.315 e. The molecule has 0 saturated heterocycles. The zero-order chi connectivity index (χ0) is 12.7. The molecule has 0 aliphatic carbocycles. The van der Waals surface area contributed by atoms with Crippen molar-refractivity contribution in [1.29, 1.82) is 0 Å². The third-order valence-corrected chi connectivity index (χ3v) is 4.24. The molecule has 17 heavy (non-hydrogen) atoms. The second-order valence-corrected chi connectivity index (χ2v) is 6.58. The van der Waals surface area contributed by atoms with Gasteiger partial charge in [-0.15, -0.1) is 11.3 Å². The molecule has 0 aromatic carbocycles. The van der Waals surface area contributed by atoms with E-state index in [0.717, 1.165) is 0 Å². The maximum atomic E-state index is 3.47. The van der Waals surface area contributed by atoms with Gasteiger partial charge in [0.05, 0.1) is 0 Å². The lowest BCUT2D eigenvalue weighted by molar-refractivity contribution is 0.542. The van der Waals surface area contributed by atoms with Crippen LogP contribution in [-0.4, -0.2) is 12.6 Å². The van der Waals surface area contributed by atoms with Crippen LogP contribution in [0.5, 0.6) is 0 Å². The molecule has 0 amide bonds. The lowest BCUT2D eigenvalue weighted by atomic mass is 10.1. The highest BCUT2D eigenvalue weighted by Crippen LogP contribution is 2.22. The Balaban J connectivity index is 2.03. The molecule has 98 valence electrons. The van der Waals surface area contributed by atoms with Crippen LogP contribution in [0.15, 0.2) is 6.07 Å². The second-order valence-electron chi connectivity index (χ2n) is 5.24. The van der Waals surface area contributed by atoms with Crippen molar-refractivity contribution >= 4 is 11.3 Å². The Bertz CT molecular complexity index is 315. The molecule has 0 saturated carbocycles. The largest absolute Gasteiger partial charge is 0.315 e. The summed E-state index contributed by atoms with van der Waals surface area (Å²) in [4.78, 5) is 3.06. The van der Waals surface area contributed by atoms with Crippen molar-refractivity contribution in [2.75, 3.05) is 6.54 Å². The van der Waals surface area contributed by atoms with Crippen LogP contribution < -0.4 is 5.32 Å². The maximum Gasteiger partial charge on any atom is 0.00772 e. The van der Waals surface area contributed by atoms with Crippen molar-refractivity contribution in [3.8, 4) is 0 Å². The summed E-state index contributed by atoms with van der Waals surface area (Å²) in [5.74, 6) is 0. The third kappa shape index (κ3) is 6.23. The topological polar surface area (TPSA) is 12.0 Å². The summed E-state index contributed by atoms with van der Waals surface area (Å²) in [5.41, 5.74) is 1.49. The molecule has 0 bridgehead atoms. The third-order valence-electron chi connectivity index (χ3n) is 3.03. The molecule has 1 aromatic heterocycles. The van der Waals surface area contributed by atoms with Crippen molar-refractivity contribution in [1.82, 2.24) is 5.32 Å². The fraction of sp³-hybridized carbons (Fsp3) is 0.733. The van der Waals surface area contributed by atoms with E-state index in [4.69, 9.17) is 0 Å². The van der Waals surface area contributed by atoms with Gasteiger partial charge in [0.25, 0.3) is 0 Å². The minimum atomic E-state index is 0.631. The standard InChI is InChI=1S/C15H27NS/c1-12(2)16-10-8-6-5-7-9-15-13(3)11-14(4)17-15/h11-12,16H,5-10H2,1-4H3. The Morgan fingerprint density at radius 2 is 1.82 bits per heavy atom. The molecule has 0 radical (unpaired) electrons. The fourth-order valence-corrected chi connectivity index (χ4v) is 3.18. The monoisotopic (exact) mass is 253 g/mol. The summed E-state index contributed by atoms with van der Waals surface area (Å²) >= 11 is 1.97. The highest BCUT2D eigenvalue weighted by Gasteiger charge is 2.02. The molecular formula is C15H27NS. The lowest BCUT2D eigenvalue weighted by Gasteiger charge is -2.07. The Hall–Kier alpha value is -0.340. The van der Waals surface area contributed by atoms with Gasteiger partial charge in [-0.2, -0.15) is 0 Å². The minimum absolute atomic E-state index is 0.631. The Labute approximate surface area is 111 Å². The van der Waals surface area contributed by atoms with Crippen LogP contribution in [0.3, 0.4) is 0 Å². The van der Waals surface area contributed by atoms with E-state index < -0.39 is 0 Å². The highest BCUT2D eigenvalue weighted by atomic mass is 32.1. The van der Waals surface area contributed by atoms with E-state index in [1.165, 1.54) is 49.1 Å². The molecule has 0 atom stereocenters. The number of rotatable bonds is 8. The zero-order valence-electron chi connectivity index (χ0n) is 11.8. The van der Waals surface area contributed by atoms with Gasteiger partial charge in [-0.05, 0) is 51.3 Å². The van der Waals surface area contributed by atoms with Crippen LogP contribution in [0.2, 0.25) is 0 Å². The predicted octanol–water partition coefficient (Wildman–Crippen LogP) is 4.47. The second kappa shape index (κ2) is 7.88. The first kappa shape index (κ1) is 14.7. The molecule has 0 spiro atoms. The molecular weight excluding hydrogens is 226 g/mol. The molecule has 2 heteroatoms. The van der Waals surface area contributed by atoms with E-state index in [9.17, 15) is 0 Å². The van der Waals surface area contributed by atoms with Crippen molar-refractivity contribution < 1.29 is 0 Å². The summed E-state index contributed by atoms with van der Waals surface area (Å²) in [6, 6.07) is 2.94. The molecule has 0 aliphatic rings.